The fraction of sp³-hybridized carbons (Fsp3) is 0.391. The van der Waals surface area contributed by atoms with Gasteiger partial charge < -0.3 is 25.4 Å². The summed E-state index contributed by atoms with van der Waals surface area (Å²) >= 11 is 0. The molecule has 0 aliphatic carbocycles. The van der Waals surface area contributed by atoms with Crippen LogP contribution in [0.3, 0.4) is 0 Å². The van der Waals surface area contributed by atoms with Crippen LogP contribution in [0.1, 0.15) is 23.2 Å². The van der Waals surface area contributed by atoms with Gasteiger partial charge in [0.25, 0.3) is 5.91 Å². The Bertz CT molecular complexity index is 1370. The Morgan fingerprint density at radius 3 is 2.82 bits per heavy atom. The van der Waals surface area contributed by atoms with Gasteiger partial charge in [0, 0.05) is 38.6 Å². The predicted octanol–water partition coefficient (Wildman–Crippen LogP) is 1.18. The van der Waals surface area contributed by atoms with Gasteiger partial charge in [-0.1, -0.05) is 0 Å². The number of aliphatic hydroxyl groups is 1. The molecule has 1 amide bonds. The van der Waals surface area contributed by atoms with Gasteiger partial charge in [0.05, 0.1) is 48.6 Å². The summed E-state index contributed by atoms with van der Waals surface area (Å²) < 4.78 is 8.88. The van der Waals surface area contributed by atoms with E-state index in [0.717, 1.165) is 30.1 Å². The lowest BCUT2D eigenvalue weighted by atomic mass is 10.2. The first-order chi connectivity index (χ1) is 16.6. The molecule has 176 valence electrons. The molecule has 2 atom stereocenters. The van der Waals surface area contributed by atoms with E-state index in [4.69, 9.17) is 9.72 Å². The van der Waals surface area contributed by atoms with Gasteiger partial charge in [0.1, 0.15) is 11.4 Å². The van der Waals surface area contributed by atoms with Crippen LogP contribution >= 0.6 is 0 Å². The first-order valence-electron chi connectivity index (χ1n) is 11.5. The lowest BCUT2D eigenvalue weighted by Gasteiger charge is -2.19. The number of rotatable bonds is 5. The lowest BCUT2D eigenvalue weighted by molar-refractivity contribution is 0.0888. The van der Waals surface area contributed by atoms with Crippen LogP contribution in [0.15, 0.2) is 36.8 Å². The molecule has 0 saturated carbocycles. The zero-order chi connectivity index (χ0) is 23.2. The molecule has 34 heavy (non-hydrogen) atoms. The van der Waals surface area contributed by atoms with E-state index < -0.39 is 12.1 Å². The molecular weight excluding hydrogens is 436 g/mol. The number of hydrogen-bond donors (Lipinski definition) is 3. The number of pyridine rings is 1. The van der Waals surface area contributed by atoms with Crippen molar-refractivity contribution in [3.63, 3.8) is 0 Å². The number of aromatic nitrogens is 5. The topological polar surface area (TPSA) is 121 Å². The monoisotopic (exact) mass is 462 g/mol. The van der Waals surface area contributed by atoms with Crippen LogP contribution in [0.5, 0.6) is 0 Å². The minimum absolute atomic E-state index is 0.209. The van der Waals surface area contributed by atoms with Gasteiger partial charge in [-0.15, -0.1) is 0 Å². The number of amides is 1. The van der Waals surface area contributed by atoms with Crippen LogP contribution in [0.4, 0.5) is 11.5 Å². The number of aliphatic hydroxyl groups excluding tert-OH is 1. The standard InChI is InChI=1S/C23H26N8O3/c1-24-20-10-15(17-4-5-18(29-7-2-3-8-29)22-25-6-9-30(17)22)27-21-14(11-26-31(20)21)23(33)28-16-12-34-13-19(16)32/h4-6,9-11,16,19,24,32H,2-3,7-8,12-13H2,1H3,(H,28,33)/t16?,19-/m1/s1. The van der Waals surface area contributed by atoms with Crippen LogP contribution < -0.4 is 15.5 Å². The van der Waals surface area contributed by atoms with Gasteiger partial charge in [-0.3, -0.25) is 9.20 Å². The Morgan fingerprint density at radius 2 is 2.06 bits per heavy atom. The Kier molecular flexibility index (Phi) is 5.07. The van der Waals surface area contributed by atoms with Gasteiger partial charge >= 0.3 is 0 Å². The SMILES string of the molecule is CNc1cc(-c2ccc(N3CCCC3)c3nccn23)nc2c(C(=O)NC3COC[C@H]3O)cnn12. The molecule has 6 rings (SSSR count). The summed E-state index contributed by atoms with van der Waals surface area (Å²) in [5, 5.41) is 20.4. The van der Waals surface area contributed by atoms with Gasteiger partial charge in [0.15, 0.2) is 11.3 Å². The number of carbonyl (C=O) groups is 1. The van der Waals surface area contributed by atoms with Crippen molar-refractivity contribution < 1.29 is 14.6 Å². The van der Waals surface area contributed by atoms with E-state index in [1.807, 2.05) is 22.7 Å². The first-order valence-corrected chi connectivity index (χ1v) is 11.5. The number of carbonyl (C=O) groups excluding carboxylic acids is 1. The smallest absolute Gasteiger partial charge is 0.257 e. The molecule has 1 unspecified atom stereocenters. The Labute approximate surface area is 195 Å². The summed E-state index contributed by atoms with van der Waals surface area (Å²) in [6, 6.07) is 5.58. The quantitative estimate of drug-likeness (QED) is 0.404. The third-order valence-electron chi connectivity index (χ3n) is 6.58. The van der Waals surface area contributed by atoms with Crippen molar-refractivity contribution >= 4 is 28.7 Å². The maximum absolute atomic E-state index is 13.0. The molecule has 0 bridgehead atoms. The highest BCUT2D eigenvalue weighted by Gasteiger charge is 2.29. The van der Waals surface area contributed by atoms with E-state index in [2.05, 4.69) is 31.7 Å². The third-order valence-corrected chi connectivity index (χ3v) is 6.58. The van der Waals surface area contributed by atoms with E-state index in [1.54, 1.807) is 17.8 Å². The third kappa shape index (κ3) is 3.35. The van der Waals surface area contributed by atoms with Crippen LogP contribution in [0.2, 0.25) is 0 Å². The van der Waals surface area contributed by atoms with Crippen molar-refractivity contribution in [1.29, 1.82) is 0 Å². The highest BCUT2D eigenvalue weighted by molar-refractivity contribution is 6.00. The number of hydrogen-bond acceptors (Lipinski definition) is 8. The Balaban J connectivity index is 1.43. The van der Waals surface area contributed by atoms with Crippen molar-refractivity contribution in [2.45, 2.75) is 25.0 Å². The summed E-state index contributed by atoms with van der Waals surface area (Å²) in [6.45, 7) is 2.55. The van der Waals surface area contributed by atoms with E-state index in [0.29, 0.717) is 22.7 Å². The highest BCUT2D eigenvalue weighted by atomic mass is 16.5. The lowest BCUT2D eigenvalue weighted by Crippen LogP contribution is -2.42. The molecule has 0 spiro atoms. The zero-order valence-electron chi connectivity index (χ0n) is 18.8. The number of imidazole rings is 1. The summed E-state index contributed by atoms with van der Waals surface area (Å²) in [5.74, 6) is 0.341. The first kappa shape index (κ1) is 20.9. The highest BCUT2D eigenvalue weighted by Crippen LogP contribution is 2.30. The number of anilines is 2. The normalized spacial score (nSPS) is 20.5. The second kappa shape index (κ2) is 8.26. The van der Waals surface area contributed by atoms with Crippen LogP contribution in [0, 0.1) is 0 Å². The molecule has 2 aliphatic rings. The number of fused-ring (bicyclic) bond motifs is 2. The van der Waals surface area contributed by atoms with Crippen LogP contribution in [0.25, 0.3) is 22.7 Å². The summed E-state index contributed by atoms with van der Waals surface area (Å²) in [5.41, 5.74) is 4.29. The van der Waals surface area contributed by atoms with E-state index in [9.17, 15) is 9.90 Å². The molecule has 4 aromatic heterocycles. The number of nitrogens with one attached hydrogen (secondary N) is 2. The van der Waals surface area contributed by atoms with Crippen molar-refractivity contribution in [1.82, 2.24) is 29.3 Å². The molecule has 0 radical (unpaired) electrons. The van der Waals surface area contributed by atoms with Crippen molar-refractivity contribution in [2.75, 3.05) is 43.6 Å². The molecule has 4 aromatic rings. The summed E-state index contributed by atoms with van der Waals surface area (Å²) in [4.78, 5) is 24.8. The summed E-state index contributed by atoms with van der Waals surface area (Å²) in [7, 11) is 1.80. The van der Waals surface area contributed by atoms with E-state index in [-0.39, 0.29) is 19.1 Å². The van der Waals surface area contributed by atoms with Crippen molar-refractivity contribution in [2.24, 2.45) is 0 Å². The average Bonchev–Trinajstić information content (AvgIpc) is 3.65. The molecule has 11 nitrogen and oxygen atoms in total. The Morgan fingerprint density at radius 1 is 1.21 bits per heavy atom. The summed E-state index contributed by atoms with van der Waals surface area (Å²) in [6.07, 6.45) is 6.87. The maximum atomic E-state index is 13.0. The van der Waals surface area contributed by atoms with Crippen molar-refractivity contribution in [3.05, 3.63) is 42.4 Å². The molecule has 0 aromatic carbocycles. The fourth-order valence-corrected chi connectivity index (χ4v) is 4.77. The molecule has 2 fully saturated rings. The zero-order valence-corrected chi connectivity index (χ0v) is 18.8. The average molecular weight is 463 g/mol. The maximum Gasteiger partial charge on any atom is 0.257 e. The van der Waals surface area contributed by atoms with Gasteiger partial charge in [-0.2, -0.15) is 9.61 Å². The molecule has 11 heteroatoms. The Hall–Kier alpha value is -3.70. The minimum Gasteiger partial charge on any atom is -0.388 e. The van der Waals surface area contributed by atoms with Gasteiger partial charge in [-0.25, -0.2) is 9.97 Å². The molecule has 3 N–H and O–H groups in total. The molecule has 2 saturated heterocycles. The van der Waals surface area contributed by atoms with Gasteiger partial charge in [-0.05, 0) is 25.0 Å². The van der Waals surface area contributed by atoms with E-state index >= 15 is 0 Å². The molecule has 6 heterocycles. The molecule has 2 aliphatic heterocycles. The predicted molar refractivity (Wildman–Crippen MR) is 126 cm³/mol. The molecular formula is C23H26N8O3. The second-order valence-electron chi connectivity index (χ2n) is 8.67. The van der Waals surface area contributed by atoms with Crippen LogP contribution in [-0.2, 0) is 4.74 Å². The fourth-order valence-electron chi connectivity index (χ4n) is 4.77. The van der Waals surface area contributed by atoms with Gasteiger partial charge in [0.2, 0.25) is 0 Å². The van der Waals surface area contributed by atoms with Crippen molar-refractivity contribution in [3.8, 4) is 11.4 Å². The largest absolute Gasteiger partial charge is 0.388 e. The van der Waals surface area contributed by atoms with Crippen LogP contribution in [-0.4, -0.2) is 80.5 Å². The number of ether oxygens (including phenoxy) is 1. The minimum atomic E-state index is -0.731. The number of nitrogens with zero attached hydrogens (tertiary/aromatic N) is 6. The second-order valence-corrected chi connectivity index (χ2v) is 8.67. The van der Waals surface area contributed by atoms with E-state index in [1.165, 1.54) is 19.0 Å².